The maximum Gasteiger partial charge on any atom is 0.255 e. The molecule has 3 aromatic carbocycles. The standard InChI is InChI=1S/C24H25N3O4S/c1-3-32(30,31)27-20-15-13-19(14-16-20)23(28)26-22-12-8-7-11-21(22)24(29)25-17(2)18-9-5-4-6-10-18/h4-17,27H,3H2,1-2H3,(H,25,29)(H,26,28)/t17-/m0/s1. The van der Waals surface area contributed by atoms with Gasteiger partial charge in [0.05, 0.1) is 23.0 Å². The summed E-state index contributed by atoms with van der Waals surface area (Å²) in [7, 11) is -3.39. The average molecular weight is 452 g/mol. The van der Waals surface area contributed by atoms with Crippen LogP contribution in [0.4, 0.5) is 11.4 Å². The molecule has 0 fully saturated rings. The van der Waals surface area contributed by atoms with E-state index in [2.05, 4.69) is 15.4 Å². The fraction of sp³-hybridized carbons (Fsp3) is 0.167. The number of hydrogen-bond donors (Lipinski definition) is 3. The summed E-state index contributed by atoms with van der Waals surface area (Å²) in [5.41, 5.74) is 2.40. The fourth-order valence-corrected chi connectivity index (χ4v) is 3.66. The summed E-state index contributed by atoms with van der Waals surface area (Å²) in [5, 5.41) is 5.71. The van der Waals surface area contributed by atoms with Crippen LogP contribution in [0.25, 0.3) is 0 Å². The van der Waals surface area contributed by atoms with E-state index in [0.29, 0.717) is 22.5 Å². The zero-order chi connectivity index (χ0) is 23.1. The minimum atomic E-state index is -3.39. The molecule has 0 spiro atoms. The highest BCUT2D eigenvalue weighted by atomic mass is 32.2. The van der Waals surface area contributed by atoms with Gasteiger partial charge in [0.1, 0.15) is 0 Å². The van der Waals surface area contributed by atoms with E-state index in [-0.39, 0.29) is 17.7 Å². The monoisotopic (exact) mass is 451 g/mol. The summed E-state index contributed by atoms with van der Waals surface area (Å²) in [4.78, 5) is 25.5. The van der Waals surface area contributed by atoms with Gasteiger partial charge in [0.25, 0.3) is 11.8 Å². The number of benzene rings is 3. The molecule has 0 unspecified atom stereocenters. The van der Waals surface area contributed by atoms with Gasteiger partial charge in [-0.15, -0.1) is 0 Å². The van der Waals surface area contributed by atoms with Crippen LogP contribution in [0.15, 0.2) is 78.9 Å². The molecule has 0 bridgehead atoms. The molecule has 166 valence electrons. The largest absolute Gasteiger partial charge is 0.345 e. The second-order valence-corrected chi connectivity index (χ2v) is 9.20. The van der Waals surface area contributed by atoms with Crippen molar-refractivity contribution in [3.05, 3.63) is 95.6 Å². The molecule has 3 N–H and O–H groups in total. The molecule has 0 aliphatic carbocycles. The number of carbonyl (C=O) groups is 2. The number of para-hydroxylation sites is 1. The Morgan fingerprint density at radius 3 is 2.12 bits per heavy atom. The number of amides is 2. The maximum absolute atomic E-state index is 12.8. The summed E-state index contributed by atoms with van der Waals surface area (Å²) in [6, 6.07) is 22.2. The number of anilines is 2. The summed E-state index contributed by atoms with van der Waals surface area (Å²) >= 11 is 0. The Labute approximate surface area is 187 Å². The van der Waals surface area contributed by atoms with Crippen molar-refractivity contribution in [2.24, 2.45) is 0 Å². The second-order valence-electron chi connectivity index (χ2n) is 7.19. The average Bonchev–Trinajstić information content (AvgIpc) is 2.80. The Morgan fingerprint density at radius 1 is 0.844 bits per heavy atom. The van der Waals surface area contributed by atoms with Gasteiger partial charge in [-0.25, -0.2) is 8.42 Å². The first-order valence-corrected chi connectivity index (χ1v) is 11.8. The summed E-state index contributed by atoms with van der Waals surface area (Å²) in [6.45, 7) is 3.43. The number of hydrogen-bond acceptors (Lipinski definition) is 4. The van der Waals surface area contributed by atoms with Crippen LogP contribution in [-0.4, -0.2) is 26.0 Å². The lowest BCUT2D eigenvalue weighted by molar-refractivity contribution is 0.0940. The van der Waals surface area contributed by atoms with E-state index in [4.69, 9.17) is 0 Å². The van der Waals surface area contributed by atoms with Crippen LogP contribution in [0.3, 0.4) is 0 Å². The van der Waals surface area contributed by atoms with Gasteiger partial charge >= 0.3 is 0 Å². The molecule has 8 heteroatoms. The van der Waals surface area contributed by atoms with Crippen LogP contribution in [0.1, 0.15) is 46.2 Å². The van der Waals surface area contributed by atoms with Gasteiger partial charge in [0.15, 0.2) is 0 Å². The number of sulfonamides is 1. The van der Waals surface area contributed by atoms with Gasteiger partial charge in [-0.1, -0.05) is 42.5 Å². The first kappa shape index (κ1) is 23.0. The lowest BCUT2D eigenvalue weighted by Crippen LogP contribution is -2.28. The van der Waals surface area contributed by atoms with E-state index in [1.807, 2.05) is 37.3 Å². The molecule has 3 aromatic rings. The Kier molecular flexibility index (Phi) is 7.27. The third-order valence-corrected chi connectivity index (χ3v) is 6.17. The summed E-state index contributed by atoms with van der Waals surface area (Å²) in [5.74, 6) is -0.760. The third kappa shape index (κ3) is 5.95. The van der Waals surface area contributed by atoms with E-state index in [9.17, 15) is 18.0 Å². The molecule has 32 heavy (non-hydrogen) atoms. The molecule has 3 rings (SSSR count). The molecule has 2 amide bonds. The molecule has 7 nitrogen and oxygen atoms in total. The zero-order valence-electron chi connectivity index (χ0n) is 17.8. The van der Waals surface area contributed by atoms with Crippen molar-refractivity contribution in [3.8, 4) is 0 Å². The van der Waals surface area contributed by atoms with Crippen molar-refractivity contribution in [2.45, 2.75) is 19.9 Å². The highest BCUT2D eigenvalue weighted by Gasteiger charge is 2.17. The van der Waals surface area contributed by atoms with E-state index in [1.165, 1.54) is 24.3 Å². The maximum atomic E-state index is 12.8. The zero-order valence-corrected chi connectivity index (χ0v) is 18.6. The van der Waals surface area contributed by atoms with E-state index in [0.717, 1.165) is 5.56 Å². The van der Waals surface area contributed by atoms with E-state index < -0.39 is 15.9 Å². The molecule has 0 aromatic heterocycles. The predicted molar refractivity (Wildman–Crippen MR) is 126 cm³/mol. The first-order valence-electron chi connectivity index (χ1n) is 10.2. The van der Waals surface area contributed by atoms with E-state index in [1.54, 1.807) is 31.2 Å². The normalized spacial score (nSPS) is 11.9. The van der Waals surface area contributed by atoms with Crippen LogP contribution in [0.5, 0.6) is 0 Å². The van der Waals surface area contributed by atoms with Crippen LogP contribution in [0, 0.1) is 0 Å². The molecular formula is C24H25N3O4S. The van der Waals surface area contributed by atoms with Crippen LogP contribution >= 0.6 is 0 Å². The van der Waals surface area contributed by atoms with E-state index >= 15 is 0 Å². The Morgan fingerprint density at radius 2 is 1.47 bits per heavy atom. The lowest BCUT2D eigenvalue weighted by Gasteiger charge is -2.16. The third-order valence-electron chi connectivity index (χ3n) is 4.87. The SMILES string of the molecule is CCS(=O)(=O)Nc1ccc(C(=O)Nc2ccccc2C(=O)N[C@@H](C)c2ccccc2)cc1. The Balaban J connectivity index is 1.71. The minimum absolute atomic E-state index is 0.0447. The minimum Gasteiger partial charge on any atom is -0.345 e. The predicted octanol–water partition coefficient (Wildman–Crippen LogP) is 4.19. The molecule has 0 saturated carbocycles. The van der Waals surface area contributed by atoms with Crippen molar-refractivity contribution < 1.29 is 18.0 Å². The van der Waals surface area contributed by atoms with Crippen LogP contribution in [0.2, 0.25) is 0 Å². The molecule has 0 heterocycles. The molecule has 1 atom stereocenters. The van der Waals surface area contributed by atoms with Gasteiger partial charge in [-0.2, -0.15) is 0 Å². The van der Waals surface area contributed by atoms with Crippen LogP contribution in [-0.2, 0) is 10.0 Å². The van der Waals surface area contributed by atoms with Gasteiger partial charge in [0, 0.05) is 11.3 Å². The van der Waals surface area contributed by atoms with Gasteiger partial charge in [0.2, 0.25) is 10.0 Å². The van der Waals surface area contributed by atoms with Crippen molar-refractivity contribution in [2.75, 3.05) is 15.8 Å². The first-order chi connectivity index (χ1) is 15.3. The van der Waals surface area contributed by atoms with Gasteiger partial charge in [-0.05, 0) is 55.8 Å². The Hall–Kier alpha value is -3.65. The molecular weight excluding hydrogens is 426 g/mol. The number of carbonyl (C=O) groups excluding carboxylic acids is 2. The quantitative estimate of drug-likeness (QED) is 0.478. The Bertz CT molecular complexity index is 1190. The van der Waals surface area contributed by atoms with Crippen LogP contribution < -0.4 is 15.4 Å². The lowest BCUT2D eigenvalue weighted by atomic mass is 10.1. The van der Waals surface area contributed by atoms with Gasteiger partial charge < -0.3 is 10.6 Å². The number of nitrogens with one attached hydrogen (secondary N) is 3. The molecule has 0 aliphatic heterocycles. The molecule has 0 radical (unpaired) electrons. The molecule has 0 aliphatic rings. The number of rotatable bonds is 8. The second kappa shape index (κ2) is 10.1. The summed E-state index contributed by atoms with van der Waals surface area (Å²) in [6.07, 6.45) is 0. The molecule has 0 saturated heterocycles. The van der Waals surface area contributed by atoms with Crippen molar-refractivity contribution in [1.29, 1.82) is 0 Å². The van der Waals surface area contributed by atoms with Crippen molar-refractivity contribution >= 4 is 33.2 Å². The smallest absolute Gasteiger partial charge is 0.255 e. The van der Waals surface area contributed by atoms with Crippen molar-refractivity contribution in [1.82, 2.24) is 5.32 Å². The summed E-state index contributed by atoms with van der Waals surface area (Å²) < 4.78 is 25.8. The highest BCUT2D eigenvalue weighted by Crippen LogP contribution is 2.19. The fourth-order valence-electron chi connectivity index (χ4n) is 3.03. The highest BCUT2D eigenvalue weighted by molar-refractivity contribution is 7.92. The van der Waals surface area contributed by atoms with Crippen molar-refractivity contribution in [3.63, 3.8) is 0 Å². The van der Waals surface area contributed by atoms with Gasteiger partial charge in [-0.3, -0.25) is 14.3 Å². The topological polar surface area (TPSA) is 104 Å².